The van der Waals surface area contributed by atoms with Crippen molar-refractivity contribution in [2.45, 2.75) is 23.5 Å². The number of amides is 2. The van der Waals surface area contributed by atoms with Crippen LogP contribution in [0.2, 0.25) is 0 Å². The van der Waals surface area contributed by atoms with Crippen LogP contribution in [0.3, 0.4) is 0 Å². The van der Waals surface area contributed by atoms with Gasteiger partial charge in [-0.3, -0.25) is 20.3 Å². The largest absolute Gasteiger partial charge is 0.479 e. The van der Waals surface area contributed by atoms with E-state index >= 15 is 0 Å². The van der Waals surface area contributed by atoms with Gasteiger partial charge in [-0.25, -0.2) is 14.6 Å². The van der Waals surface area contributed by atoms with Crippen molar-refractivity contribution >= 4 is 75.3 Å². The van der Waals surface area contributed by atoms with E-state index in [9.17, 15) is 24.3 Å². The van der Waals surface area contributed by atoms with Gasteiger partial charge in [-0.05, 0) is 29.2 Å². The van der Waals surface area contributed by atoms with Crippen molar-refractivity contribution < 1.29 is 38.9 Å². The van der Waals surface area contributed by atoms with Crippen molar-refractivity contribution in [3.63, 3.8) is 0 Å². The fraction of sp³-hybridized carbons (Fsp3) is 0.300. The highest BCUT2D eigenvalue weighted by Gasteiger charge is 2.54. The number of carbonyl (C=O) groups is 4. The summed E-state index contributed by atoms with van der Waals surface area (Å²) in [7, 11) is 0. The highest BCUT2D eigenvalue weighted by molar-refractivity contribution is 8.01. The first-order chi connectivity index (χ1) is 18.5. The number of β-lactam (4-membered cyclic amide) rings is 1. The molecule has 0 aliphatic carbocycles. The topological polar surface area (TPSA) is 253 Å². The quantitative estimate of drug-likeness (QED) is 0.0342. The summed E-state index contributed by atoms with van der Waals surface area (Å²) >= 11 is 3.45. The minimum absolute atomic E-state index is 0.0215. The van der Waals surface area contributed by atoms with Crippen LogP contribution in [0.5, 0.6) is 0 Å². The van der Waals surface area contributed by atoms with E-state index in [-0.39, 0.29) is 39.6 Å². The Balaban J connectivity index is 1.50. The summed E-state index contributed by atoms with van der Waals surface area (Å²) in [6.45, 7) is 0.936. The van der Waals surface area contributed by atoms with Gasteiger partial charge in [-0.2, -0.15) is 0 Å². The molecule has 4 heterocycles. The van der Waals surface area contributed by atoms with Gasteiger partial charge in [-0.1, -0.05) is 5.16 Å². The van der Waals surface area contributed by atoms with E-state index in [0.717, 1.165) is 16.2 Å². The Morgan fingerprint density at radius 2 is 2.08 bits per heavy atom. The van der Waals surface area contributed by atoms with Crippen LogP contribution in [0.1, 0.15) is 11.3 Å². The molecule has 4 rings (SSSR count). The molecular formula is C20H22N9O7S3+. The van der Waals surface area contributed by atoms with E-state index < -0.39 is 41.8 Å². The fourth-order valence-electron chi connectivity index (χ4n) is 3.59. The van der Waals surface area contributed by atoms with E-state index in [1.54, 1.807) is 13.1 Å². The predicted molar refractivity (Wildman–Crippen MR) is 141 cm³/mol. The number of hydrogen-bond acceptors (Lipinski definition) is 14. The van der Waals surface area contributed by atoms with Gasteiger partial charge in [0.05, 0.1) is 5.56 Å². The molecule has 1 saturated heterocycles. The Bertz CT molecular complexity index is 1430. The second-order valence-corrected chi connectivity index (χ2v) is 11.0. The standard InChI is InChI=1S/C20H21N9O7S3/c1-7-2-28(23)20(26-14(7)21)39-5-8-4-37-17-12(16(33)29(17)13(8)18(34)35)25-15(32)11(27-36-3-10(30)31)9-6-38-19(22)24-9/h2,6,12,17,21H,3-5,23H2,1H3,(H5,22,24,25,30,31,32,34,35)/p+1/b27-11-/t12?,17-/m1/s1. The normalized spacial score (nSPS) is 18.8. The molecule has 9 N–H and O–H groups in total. The van der Waals surface area contributed by atoms with Crippen LogP contribution in [-0.2, 0) is 24.0 Å². The van der Waals surface area contributed by atoms with Gasteiger partial charge in [0, 0.05) is 16.9 Å². The smallest absolute Gasteiger partial charge is 0.384 e. The van der Waals surface area contributed by atoms with Crippen LogP contribution in [0.15, 0.2) is 33.2 Å². The molecule has 2 aliphatic rings. The molecule has 206 valence electrons. The van der Waals surface area contributed by atoms with Crippen molar-refractivity contribution in [1.82, 2.24) is 20.2 Å². The highest BCUT2D eigenvalue weighted by Crippen LogP contribution is 2.41. The zero-order valence-electron chi connectivity index (χ0n) is 20.1. The number of aryl methyl sites for hydroxylation is 1. The molecule has 16 nitrogen and oxygen atoms in total. The molecule has 0 bridgehead atoms. The highest BCUT2D eigenvalue weighted by atomic mass is 32.2. The van der Waals surface area contributed by atoms with Gasteiger partial charge >= 0.3 is 17.1 Å². The first-order valence-corrected chi connectivity index (χ1v) is 13.8. The van der Waals surface area contributed by atoms with Crippen LogP contribution in [0, 0.1) is 6.92 Å². The zero-order valence-corrected chi connectivity index (χ0v) is 22.5. The van der Waals surface area contributed by atoms with Crippen LogP contribution in [0.4, 0.5) is 10.9 Å². The Kier molecular flexibility index (Phi) is 8.11. The van der Waals surface area contributed by atoms with Crippen LogP contribution >= 0.6 is 34.9 Å². The van der Waals surface area contributed by atoms with Crippen molar-refractivity contribution in [2.24, 2.45) is 5.16 Å². The summed E-state index contributed by atoms with van der Waals surface area (Å²) in [5, 5.41) is 26.0. The zero-order chi connectivity index (χ0) is 28.4. The van der Waals surface area contributed by atoms with E-state index in [0.29, 0.717) is 16.3 Å². The molecule has 2 aliphatic heterocycles. The number of anilines is 2. The first-order valence-electron chi connectivity index (χ1n) is 10.9. The maximum Gasteiger partial charge on any atom is 0.384 e. The summed E-state index contributed by atoms with van der Waals surface area (Å²) in [5.41, 5.74) is 12.1. The summed E-state index contributed by atoms with van der Waals surface area (Å²) in [4.78, 5) is 62.9. The van der Waals surface area contributed by atoms with E-state index in [1.807, 2.05) is 0 Å². The van der Waals surface area contributed by atoms with Gasteiger partial charge in [-0.15, -0.1) is 27.8 Å². The molecule has 2 aromatic heterocycles. The number of nitrogens with one attached hydrogen (secondary N) is 1. The lowest BCUT2D eigenvalue weighted by atomic mass is 10.0. The lowest BCUT2D eigenvalue weighted by Gasteiger charge is -2.49. The van der Waals surface area contributed by atoms with Crippen LogP contribution < -0.4 is 27.3 Å². The maximum atomic E-state index is 13.0. The average Bonchev–Trinajstić information content (AvgIpc) is 3.31. The monoisotopic (exact) mass is 596 g/mol. The minimum atomic E-state index is -1.32. The van der Waals surface area contributed by atoms with Crippen molar-refractivity contribution in [3.05, 3.63) is 34.1 Å². The molecule has 0 radical (unpaired) electrons. The van der Waals surface area contributed by atoms with Gasteiger partial charge in [0.15, 0.2) is 10.8 Å². The third kappa shape index (κ3) is 5.83. The number of aromatic nitrogens is 3. The van der Waals surface area contributed by atoms with Gasteiger partial charge < -0.3 is 31.8 Å². The molecule has 0 aromatic carbocycles. The number of carbonyl (C=O) groups excluding carboxylic acids is 2. The number of hydrogen-bond donors (Lipinski definition) is 6. The number of fused-ring (bicyclic) bond motifs is 1. The van der Waals surface area contributed by atoms with Crippen molar-refractivity contribution in [1.29, 1.82) is 0 Å². The number of thioether (sulfide) groups is 2. The SMILES string of the molecule is Cc1c[n+](N)c(SCC2=C(C(=O)O)N3C(=O)C(NC(=O)/C(=N\OCC(=O)O)c4csc(N)n4)[C@H]3SC2)nc1N. The maximum absolute atomic E-state index is 13.0. The van der Waals surface area contributed by atoms with E-state index in [1.165, 1.54) is 33.6 Å². The first kappa shape index (κ1) is 27.9. The van der Waals surface area contributed by atoms with Gasteiger partial charge in [0.2, 0.25) is 12.4 Å². The van der Waals surface area contributed by atoms with Crippen LogP contribution in [-0.4, -0.2) is 84.1 Å². The number of aliphatic carboxylic acids is 2. The molecule has 0 saturated carbocycles. The molecule has 2 amide bonds. The minimum Gasteiger partial charge on any atom is -0.479 e. The number of thiazole rings is 1. The third-order valence-electron chi connectivity index (χ3n) is 5.41. The number of nitrogens with zero attached hydrogens (tertiary/aromatic N) is 5. The van der Waals surface area contributed by atoms with Crippen molar-refractivity contribution in [3.8, 4) is 0 Å². The molecule has 19 heteroatoms. The molecule has 1 fully saturated rings. The molecule has 2 aromatic rings. The number of rotatable bonds is 10. The van der Waals surface area contributed by atoms with Crippen LogP contribution in [0.25, 0.3) is 0 Å². The fourth-order valence-corrected chi connectivity index (χ4v) is 6.52. The molecule has 1 unspecified atom stereocenters. The van der Waals surface area contributed by atoms with E-state index in [4.69, 9.17) is 27.3 Å². The Labute approximate surface area is 232 Å². The Morgan fingerprint density at radius 3 is 2.72 bits per heavy atom. The number of carboxylic acid groups (broad SMARTS) is 2. The molecule has 39 heavy (non-hydrogen) atoms. The second-order valence-electron chi connectivity index (χ2n) is 8.08. The van der Waals surface area contributed by atoms with E-state index in [2.05, 4.69) is 20.4 Å². The number of oxime groups is 1. The van der Waals surface area contributed by atoms with Gasteiger partial charge in [0.1, 0.15) is 29.0 Å². The van der Waals surface area contributed by atoms with Gasteiger partial charge in [0.25, 0.3) is 11.8 Å². The lowest BCUT2D eigenvalue weighted by molar-refractivity contribution is -0.682. The summed E-state index contributed by atoms with van der Waals surface area (Å²) in [6.07, 6.45) is 1.60. The Morgan fingerprint density at radius 1 is 1.33 bits per heavy atom. The summed E-state index contributed by atoms with van der Waals surface area (Å²) in [5.74, 6) is 2.53. The molecular weight excluding hydrogens is 574 g/mol. The molecule has 2 atom stereocenters. The third-order valence-corrected chi connectivity index (χ3v) is 8.48. The number of nitrogen functional groups attached to an aromatic ring is 3. The second kappa shape index (κ2) is 11.3. The van der Waals surface area contributed by atoms with Crippen molar-refractivity contribution in [2.75, 3.05) is 35.4 Å². The molecule has 0 spiro atoms. The number of nitrogens with two attached hydrogens (primary N) is 3. The Hall–Kier alpha value is -4.10. The summed E-state index contributed by atoms with van der Waals surface area (Å²) < 4.78 is 1.28. The number of carboxylic acids is 2. The predicted octanol–water partition coefficient (Wildman–Crippen LogP) is -1.65. The lowest BCUT2D eigenvalue weighted by Crippen LogP contribution is -2.71. The average molecular weight is 597 g/mol. The summed E-state index contributed by atoms with van der Waals surface area (Å²) in [6, 6.07) is -1.07.